The average Bonchev–Trinajstić information content (AvgIpc) is 2.76. The number of imidazole rings is 1. The normalized spacial score (nSPS) is 21.2. The molecule has 2 heterocycles. The van der Waals surface area contributed by atoms with E-state index in [0.29, 0.717) is 5.92 Å². The highest BCUT2D eigenvalue weighted by molar-refractivity contribution is 4.93. The summed E-state index contributed by atoms with van der Waals surface area (Å²) in [4.78, 5) is 6.75. The molecule has 0 radical (unpaired) electrons. The second-order valence-electron chi connectivity index (χ2n) is 5.78. The Kier molecular flexibility index (Phi) is 5.36. The van der Waals surface area contributed by atoms with Gasteiger partial charge in [0.05, 0.1) is 25.8 Å². The first-order valence-electron chi connectivity index (χ1n) is 7.16. The summed E-state index contributed by atoms with van der Waals surface area (Å²) >= 11 is 0. The molecule has 0 bridgehead atoms. The Bertz CT molecular complexity index is 377. The van der Waals surface area contributed by atoms with Crippen molar-refractivity contribution in [2.45, 2.75) is 33.0 Å². The third-order valence-electron chi connectivity index (χ3n) is 3.38. The molecule has 1 N–H and O–H groups in total. The summed E-state index contributed by atoms with van der Waals surface area (Å²) in [6, 6.07) is 0. The summed E-state index contributed by atoms with van der Waals surface area (Å²) in [5.41, 5.74) is 0. The van der Waals surface area contributed by atoms with E-state index < -0.39 is 0 Å². The Labute approximate surface area is 116 Å². The molecule has 0 aliphatic carbocycles. The number of hydrogen-bond donors (Lipinski definition) is 1. The molecule has 1 aliphatic rings. The van der Waals surface area contributed by atoms with Crippen molar-refractivity contribution in [3.63, 3.8) is 0 Å². The Morgan fingerprint density at radius 1 is 1.53 bits per heavy atom. The van der Waals surface area contributed by atoms with Gasteiger partial charge in [-0.25, -0.2) is 4.98 Å². The first-order valence-corrected chi connectivity index (χ1v) is 7.16. The number of nitrogens with zero attached hydrogens (tertiary/aromatic N) is 3. The fraction of sp³-hybridized carbons (Fsp3) is 0.786. The van der Waals surface area contributed by atoms with Crippen LogP contribution in [0.5, 0.6) is 0 Å². The smallest absolute Gasteiger partial charge is 0.122 e. The second kappa shape index (κ2) is 7.03. The van der Waals surface area contributed by atoms with Crippen LogP contribution in [-0.4, -0.2) is 53.8 Å². The molecule has 1 aromatic heterocycles. The summed E-state index contributed by atoms with van der Waals surface area (Å²) in [5.74, 6) is 1.76. The highest BCUT2D eigenvalue weighted by atomic mass is 16.5. The molecule has 5 heteroatoms. The van der Waals surface area contributed by atoms with Crippen LogP contribution in [0.15, 0.2) is 12.4 Å². The van der Waals surface area contributed by atoms with Crippen LogP contribution in [0.2, 0.25) is 0 Å². The minimum absolute atomic E-state index is 0.275. The summed E-state index contributed by atoms with van der Waals surface area (Å²) in [5, 5.41) is 3.44. The largest absolute Gasteiger partial charge is 0.374 e. The number of ether oxygens (including phenoxy) is 1. The summed E-state index contributed by atoms with van der Waals surface area (Å²) in [6.45, 7) is 10.0. The van der Waals surface area contributed by atoms with Crippen LogP contribution in [-0.2, 0) is 17.8 Å². The quantitative estimate of drug-likeness (QED) is 0.833. The van der Waals surface area contributed by atoms with Crippen LogP contribution in [0.1, 0.15) is 19.7 Å². The molecule has 19 heavy (non-hydrogen) atoms. The van der Waals surface area contributed by atoms with Gasteiger partial charge in [-0.2, -0.15) is 0 Å². The van der Waals surface area contributed by atoms with Crippen LogP contribution in [0.25, 0.3) is 0 Å². The number of hydrogen-bond acceptors (Lipinski definition) is 4. The van der Waals surface area contributed by atoms with Gasteiger partial charge in [0.25, 0.3) is 0 Å². The maximum Gasteiger partial charge on any atom is 0.122 e. The van der Waals surface area contributed by atoms with Gasteiger partial charge in [0.2, 0.25) is 0 Å². The first kappa shape index (κ1) is 14.5. The van der Waals surface area contributed by atoms with E-state index in [2.05, 4.69) is 40.7 Å². The van der Waals surface area contributed by atoms with Crippen molar-refractivity contribution >= 4 is 0 Å². The molecular formula is C14H26N4O. The fourth-order valence-corrected chi connectivity index (χ4v) is 2.34. The highest BCUT2D eigenvalue weighted by Crippen LogP contribution is 2.08. The lowest BCUT2D eigenvalue weighted by atomic mass is 10.2. The lowest BCUT2D eigenvalue weighted by molar-refractivity contribution is -0.0278. The Morgan fingerprint density at radius 2 is 2.37 bits per heavy atom. The molecule has 0 saturated carbocycles. The summed E-state index contributed by atoms with van der Waals surface area (Å²) in [7, 11) is 2.15. The third kappa shape index (κ3) is 4.60. The van der Waals surface area contributed by atoms with E-state index in [9.17, 15) is 0 Å². The van der Waals surface area contributed by atoms with Crippen LogP contribution in [0, 0.1) is 5.92 Å². The number of morpholine rings is 1. The highest BCUT2D eigenvalue weighted by Gasteiger charge is 2.18. The minimum atomic E-state index is 0.275. The number of likely N-dealkylation sites (N-methyl/N-ethyl adjacent to an activating group) is 1. The van der Waals surface area contributed by atoms with Crippen molar-refractivity contribution in [1.82, 2.24) is 19.8 Å². The van der Waals surface area contributed by atoms with Crippen molar-refractivity contribution in [1.29, 1.82) is 0 Å². The predicted molar refractivity (Wildman–Crippen MR) is 76.0 cm³/mol. The van der Waals surface area contributed by atoms with E-state index in [1.54, 1.807) is 0 Å². The number of nitrogens with one attached hydrogen (secondary N) is 1. The van der Waals surface area contributed by atoms with E-state index in [0.717, 1.165) is 45.2 Å². The van der Waals surface area contributed by atoms with Crippen molar-refractivity contribution in [2.24, 2.45) is 5.92 Å². The number of aromatic nitrogens is 2. The minimum Gasteiger partial charge on any atom is -0.374 e. The average molecular weight is 266 g/mol. The van der Waals surface area contributed by atoms with Crippen LogP contribution < -0.4 is 5.32 Å². The first-order chi connectivity index (χ1) is 9.15. The Balaban J connectivity index is 1.84. The molecule has 108 valence electrons. The Morgan fingerprint density at radius 3 is 3.11 bits per heavy atom. The van der Waals surface area contributed by atoms with Crippen LogP contribution in [0.3, 0.4) is 0 Å². The fourth-order valence-electron chi connectivity index (χ4n) is 2.34. The molecule has 1 fully saturated rings. The van der Waals surface area contributed by atoms with Crippen molar-refractivity contribution < 1.29 is 4.74 Å². The molecule has 2 rings (SSSR count). The zero-order valence-electron chi connectivity index (χ0n) is 12.3. The third-order valence-corrected chi connectivity index (χ3v) is 3.38. The van der Waals surface area contributed by atoms with Gasteiger partial charge < -0.3 is 19.5 Å². The molecule has 1 unspecified atom stereocenters. The Hall–Kier alpha value is -0.910. The van der Waals surface area contributed by atoms with Gasteiger partial charge in [-0.15, -0.1) is 0 Å². The molecule has 1 saturated heterocycles. The zero-order chi connectivity index (χ0) is 13.7. The van der Waals surface area contributed by atoms with E-state index in [-0.39, 0.29) is 6.10 Å². The van der Waals surface area contributed by atoms with Gasteiger partial charge in [0.15, 0.2) is 0 Å². The van der Waals surface area contributed by atoms with Gasteiger partial charge in [-0.05, 0) is 19.5 Å². The van der Waals surface area contributed by atoms with Gasteiger partial charge in [0, 0.05) is 25.5 Å². The predicted octanol–water partition coefficient (Wildman–Crippen LogP) is 0.959. The summed E-state index contributed by atoms with van der Waals surface area (Å²) < 4.78 is 8.01. The molecule has 1 aliphatic heterocycles. The standard InChI is InChI=1S/C14H26N4O/c1-12(2)8-15-9-14-16-4-5-18(14)11-13-10-17(3)6-7-19-13/h4-5,12-13,15H,6-11H2,1-3H3. The monoisotopic (exact) mass is 266 g/mol. The summed E-state index contributed by atoms with van der Waals surface area (Å²) in [6.07, 6.45) is 4.19. The van der Waals surface area contributed by atoms with Gasteiger partial charge in [-0.1, -0.05) is 13.8 Å². The molecule has 0 amide bonds. The van der Waals surface area contributed by atoms with Gasteiger partial charge in [-0.3, -0.25) is 0 Å². The maximum atomic E-state index is 5.81. The van der Waals surface area contributed by atoms with Crippen molar-refractivity contribution in [3.05, 3.63) is 18.2 Å². The van der Waals surface area contributed by atoms with Crippen LogP contribution >= 0.6 is 0 Å². The molecular weight excluding hydrogens is 240 g/mol. The molecule has 5 nitrogen and oxygen atoms in total. The van der Waals surface area contributed by atoms with Gasteiger partial charge >= 0.3 is 0 Å². The van der Waals surface area contributed by atoms with Crippen LogP contribution in [0.4, 0.5) is 0 Å². The van der Waals surface area contributed by atoms with E-state index in [1.165, 1.54) is 0 Å². The lowest BCUT2D eigenvalue weighted by Gasteiger charge is -2.30. The van der Waals surface area contributed by atoms with E-state index >= 15 is 0 Å². The molecule has 0 aromatic carbocycles. The maximum absolute atomic E-state index is 5.81. The molecule has 1 aromatic rings. The SMILES string of the molecule is CC(C)CNCc1nccn1CC1CN(C)CCO1. The number of rotatable bonds is 6. The van der Waals surface area contributed by atoms with Crippen molar-refractivity contribution in [3.8, 4) is 0 Å². The lowest BCUT2D eigenvalue weighted by Crippen LogP contribution is -2.42. The van der Waals surface area contributed by atoms with Gasteiger partial charge in [0.1, 0.15) is 5.82 Å². The molecule has 1 atom stereocenters. The van der Waals surface area contributed by atoms with Crippen molar-refractivity contribution in [2.75, 3.05) is 33.3 Å². The van der Waals surface area contributed by atoms with E-state index in [1.807, 2.05) is 12.4 Å². The zero-order valence-corrected chi connectivity index (χ0v) is 12.3. The molecule has 0 spiro atoms. The van der Waals surface area contributed by atoms with E-state index in [4.69, 9.17) is 4.74 Å². The topological polar surface area (TPSA) is 42.3 Å². The second-order valence-corrected chi connectivity index (χ2v) is 5.78.